The highest BCUT2D eigenvalue weighted by atomic mass is 79.9. The Morgan fingerprint density at radius 3 is 2.65 bits per heavy atom. The molecule has 4 heteroatoms. The number of aliphatic hydroxyl groups is 1. The minimum atomic E-state index is -0.104. The Morgan fingerprint density at radius 1 is 1.29 bits per heavy atom. The van der Waals surface area contributed by atoms with Gasteiger partial charge in [0.2, 0.25) is 5.88 Å². The van der Waals surface area contributed by atoms with E-state index in [-0.39, 0.29) is 6.61 Å². The first kappa shape index (κ1) is 12.1. The highest BCUT2D eigenvalue weighted by Gasteiger charge is 2.06. The maximum atomic E-state index is 9.22. The lowest BCUT2D eigenvalue weighted by atomic mass is 10.2. The van der Waals surface area contributed by atoms with Crippen LogP contribution >= 0.6 is 15.9 Å². The molecule has 0 saturated heterocycles. The molecule has 88 valence electrons. The fourth-order valence-corrected chi connectivity index (χ4v) is 1.77. The Labute approximate surface area is 108 Å². The molecular formula is C13H12BrNO2. The molecule has 0 bridgehead atoms. The fourth-order valence-electron chi connectivity index (χ4n) is 1.39. The van der Waals surface area contributed by atoms with Crippen LogP contribution in [0.15, 0.2) is 41.0 Å². The molecule has 0 radical (unpaired) electrons. The third-order valence-corrected chi connectivity index (χ3v) is 2.73. The quantitative estimate of drug-likeness (QED) is 0.943. The lowest BCUT2D eigenvalue weighted by Gasteiger charge is -2.08. The van der Waals surface area contributed by atoms with Crippen molar-refractivity contribution in [2.24, 2.45) is 0 Å². The third-order valence-electron chi connectivity index (χ3n) is 2.30. The topological polar surface area (TPSA) is 42.4 Å². The average Bonchev–Trinajstić information content (AvgIpc) is 2.34. The van der Waals surface area contributed by atoms with Gasteiger partial charge in [0.05, 0.1) is 6.61 Å². The number of rotatable bonds is 3. The Balaban J connectivity index is 2.26. The number of hydrogen-bond donors (Lipinski definition) is 1. The molecule has 2 rings (SSSR count). The second-order valence-corrected chi connectivity index (χ2v) is 4.61. The zero-order valence-electron chi connectivity index (χ0n) is 9.35. The molecular weight excluding hydrogens is 282 g/mol. The van der Waals surface area contributed by atoms with Crippen LogP contribution in [0, 0.1) is 6.92 Å². The lowest BCUT2D eigenvalue weighted by molar-refractivity contribution is 0.275. The number of aryl methyl sites for hydroxylation is 1. The van der Waals surface area contributed by atoms with E-state index < -0.39 is 0 Å². The van der Waals surface area contributed by atoms with Crippen molar-refractivity contribution in [3.63, 3.8) is 0 Å². The number of pyridine rings is 1. The number of hydrogen-bond acceptors (Lipinski definition) is 3. The van der Waals surface area contributed by atoms with Crippen molar-refractivity contribution in [1.29, 1.82) is 0 Å². The van der Waals surface area contributed by atoms with Crippen molar-refractivity contribution >= 4 is 15.9 Å². The molecule has 3 nitrogen and oxygen atoms in total. The molecule has 0 unspecified atom stereocenters. The van der Waals surface area contributed by atoms with Crippen LogP contribution in [0.5, 0.6) is 11.6 Å². The van der Waals surface area contributed by atoms with Crippen molar-refractivity contribution in [3.05, 3.63) is 52.1 Å². The van der Waals surface area contributed by atoms with Crippen LogP contribution in [0.2, 0.25) is 0 Å². The third kappa shape index (κ3) is 3.05. The number of benzene rings is 1. The molecule has 17 heavy (non-hydrogen) atoms. The summed E-state index contributed by atoms with van der Waals surface area (Å²) in [7, 11) is 0. The molecule has 0 aliphatic rings. The van der Waals surface area contributed by atoms with Gasteiger partial charge in [-0.1, -0.05) is 17.7 Å². The van der Waals surface area contributed by atoms with Gasteiger partial charge in [-0.2, -0.15) is 0 Å². The number of ether oxygens (including phenoxy) is 1. The van der Waals surface area contributed by atoms with Gasteiger partial charge in [0.25, 0.3) is 0 Å². The Bertz CT molecular complexity index is 511. The van der Waals surface area contributed by atoms with Gasteiger partial charge in [-0.15, -0.1) is 0 Å². The molecule has 2 aromatic rings. The lowest BCUT2D eigenvalue weighted by Crippen LogP contribution is -1.94. The van der Waals surface area contributed by atoms with Crippen molar-refractivity contribution in [2.75, 3.05) is 0 Å². The van der Waals surface area contributed by atoms with E-state index in [2.05, 4.69) is 20.9 Å². The van der Waals surface area contributed by atoms with E-state index in [1.54, 1.807) is 12.3 Å². The summed E-state index contributed by atoms with van der Waals surface area (Å²) in [5, 5.41) is 9.22. The zero-order valence-corrected chi connectivity index (χ0v) is 10.9. The standard InChI is InChI=1S/C13H12BrNO2/c1-9-2-4-12(5-3-9)17-13-10(8-16)6-11(14)7-15-13/h2-7,16H,8H2,1H3. The van der Waals surface area contributed by atoms with Crippen LogP contribution in [-0.4, -0.2) is 10.1 Å². The molecule has 1 aromatic heterocycles. The summed E-state index contributed by atoms with van der Waals surface area (Å²) in [6.45, 7) is 1.91. The average molecular weight is 294 g/mol. The zero-order chi connectivity index (χ0) is 12.3. The first-order valence-electron chi connectivity index (χ1n) is 5.19. The molecule has 1 heterocycles. The molecule has 1 aromatic carbocycles. The fraction of sp³-hybridized carbons (Fsp3) is 0.154. The summed E-state index contributed by atoms with van der Waals surface area (Å²) in [4.78, 5) is 4.14. The van der Waals surface area contributed by atoms with Crippen LogP contribution in [0.4, 0.5) is 0 Å². The van der Waals surface area contributed by atoms with Gasteiger partial charge in [-0.25, -0.2) is 4.98 Å². The second-order valence-electron chi connectivity index (χ2n) is 3.69. The summed E-state index contributed by atoms with van der Waals surface area (Å²) in [5.74, 6) is 1.14. The van der Waals surface area contributed by atoms with Crippen molar-refractivity contribution in [1.82, 2.24) is 4.98 Å². The number of halogens is 1. The molecule has 0 saturated carbocycles. The van der Waals surface area contributed by atoms with Crippen LogP contribution in [0.3, 0.4) is 0 Å². The summed E-state index contributed by atoms with van der Waals surface area (Å²) < 4.78 is 6.44. The van der Waals surface area contributed by atoms with E-state index in [9.17, 15) is 5.11 Å². The highest BCUT2D eigenvalue weighted by molar-refractivity contribution is 9.10. The molecule has 0 spiro atoms. The van der Waals surface area contributed by atoms with Gasteiger partial charge in [-0.05, 0) is 41.1 Å². The van der Waals surface area contributed by atoms with Crippen LogP contribution in [0.25, 0.3) is 0 Å². The second kappa shape index (κ2) is 5.29. The minimum absolute atomic E-state index is 0.104. The van der Waals surface area contributed by atoms with E-state index >= 15 is 0 Å². The number of aromatic nitrogens is 1. The molecule has 1 N–H and O–H groups in total. The van der Waals surface area contributed by atoms with Crippen molar-refractivity contribution in [2.45, 2.75) is 13.5 Å². The summed E-state index contributed by atoms with van der Waals surface area (Å²) >= 11 is 3.30. The maximum Gasteiger partial charge on any atom is 0.224 e. The van der Waals surface area contributed by atoms with Gasteiger partial charge in [0.1, 0.15) is 5.75 Å². The highest BCUT2D eigenvalue weighted by Crippen LogP contribution is 2.25. The van der Waals surface area contributed by atoms with E-state index in [0.29, 0.717) is 17.2 Å². The van der Waals surface area contributed by atoms with Gasteiger partial charge < -0.3 is 9.84 Å². The summed E-state index contributed by atoms with van der Waals surface area (Å²) in [6.07, 6.45) is 1.64. The molecule has 0 aliphatic carbocycles. The smallest absolute Gasteiger partial charge is 0.224 e. The first-order valence-corrected chi connectivity index (χ1v) is 5.98. The Kier molecular flexibility index (Phi) is 3.76. The van der Waals surface area contributed by atoms with Gasteiger partial charge in [0, 0.05) is 16.2 Å². The molecule has 0 aliphatic heterocycles. The van der Waals surface area contributed by atoms with E-state index in [0.717, 1.165) is 4.47 Å². The summed E-state index contributed by atoms with van der Waals surface area (Å²) in [6, 6.07) is 9.47. The molecule has 0 amide bonds. The number of nitrogens with zero attached hydrogens (tertiary/aromatic N) is 1. The van der Waals surface area contributed by atoms with Crippen LogP contribution < -0.4 is 4.74 Å². The predicted octanol–water partition coefficient (Wildman–Crippen LogP) is 3.44. The monoisotopic (exact) mass is 293 g/mol. The van der Waals surface area contributed by atoms with E-state index in [1.165, 1.54) is 5.56 Å². The van der Waals surface area contributed by atoms with Crippen LogP contribution in [0.1, 0.15) is 11.1 Å². The van der Waals surface area contributed by atoms with Gasteiger partial charge >= 0.3 is 0 Å². The normalized spacial score (nSPS) is 10.3. The molecule has 0 fully saturated rings. The first-order chi connectivity index (χ1) is 8.19. The molecule has 0 atom stereocenters. The number of aliphatic hydroxyl groups excluding tert-OH is 1. The van der Waals surface area contributed by atoms with Crippen LogP contribution in [-0.2, 0) is 6.61 Å². The SMILES string of the molecule is Cc1ccc(Oc2ncc(Br)cc2CO)cc1. The van der Waals surface area contributed by atoms with Gasteiger partial charge in [-0.3, -0.25) is 0 Å². The predicted molar refractivity (Wildman–Crippen MR) is 69.1 cm³/mol. The van der Waals surface area contributed by atoms with Crippen molar-refractivity contribution < 1.29 is 9.84 Å². The maximum absolute atomic E-state index is 9.22. The van der Waals surface area contributed by atoms with E-state index in [4.69, 9.17) is 4.74 Å². The van der Waals surface area contributed by atoms with Crippen molar-refractivity contribution in [3.8, 4) is 11.6 Å². The largest absolute Gasteiger partial charge is 0.439 e. The Hall–Kier alpha value is -1.39. The Morgan fingerprint density at radius 2 is 2.00 bits per heavy atom. The van der Waals surface area contributed by atoms with Gasteiger partial charge in [0.15, 0.2) is 0 Å². The minimum Gasteiger partial charge on any atom is -0.439 e. The summed E-state index contributed by atoms with van der Waals surface area (Å²) in [5.41, 5.74) is 1.82. The van der Waals surface area contributed by atoms with E-state index in [1.807, 2.05) is 31.2 Å².